The molecule has 33 heavy (non-hydrogen) atoms. The molecule has 1 N–H and O–H groups in total. The van der Waals surface area contributed by atoms with Gasteiger partial charge in [-0.05, 0) is 61.0 Å². The molecule has 1 aliphatic heterocycles. The van der Waals surface area contributed by atoms with Crippen LogP contribution in [0.3, 0.4) is 0 Å². The van der Waals surface area contributed by atoms with Crippen LogP contribution in [0, 0.1) is 20.8 Å². The van der Waals surface area contributed by atoms with Crippen molar-refractivity contribution in [2.24, 2.45) is 0 Å². The number of hydrogen-bond donors (Lipinski definition) is 1. The number of carbonyl (C=O) groups is 1. The van der Waals surface area contributed by atoms with Crippen LogP contribution in [0.2, 0.25) is 0 Å². The van der Waals surface area contributed by atoms with Gasteiger partial charge in [-0.15, -0.1) is 5.10 Å². The van der Waals surface area contributed by atoms with Crippen LogP contribution in [-0.2, 0) is 14.8 Å². The predicted octanol–water partition coefficient (Wildman–Crippen LogP) is 1.53. The lowest BCUT2D eigenvalue weighted by Gasteiger charge is -2.33. The van der Waals surface area contributed by atoms with Gasteiger partial charge < -0.3 is 5.32 Å². The fourth-order valence-electron chi connectivity index (χ4n) is 3.76. The Balaban J connectivity index is 1.34. The number of piperazine rings is 1. The highest BCUT2D eigenvalue weighted by atomic mass is 32.2. The van der Waals surface area contributed by atoms with Crippen LogP contribution in [0.1, 0.15) is 17.0 Å². The first-order valence-corrected chi connectivity index (χ1v) is 12.1. The van der Waals surface area contributed by atoms with Gasteiger partial charge in [0.1, 0.15) is 0 Å². The first kappa shape index (κ1) is 23.0. The fourth-order valence-corrected chi connectivity index (χ4v) is 5.18. The largest absolute Gasteiger partial charge is 0.325 e. The Kier molecular flexibility index (Phi) is 6.54. The molecule has 0 atom stereocenters. The van der Waals surface area contributed by atoms with Gasteiger partial charge in [-0.1, -0.05) is 23.8 Å². The van der Waals surface area contributed by atoms with Gasteiger partial charge in [-0.3, -0.25) is 9.69 Å². The molecule has 10 nitrogen and oxygen atoms in total. The first-order chi connectivity index (χ1) is 15.7. The standard InChI is InChI=1S/C22H27N7O3S/c1-16-4-8-20(9-5-16)33(31,32)28-12-10-27(11-13-28)15-22(30)23-19-7-6-17(2)21(14-19)29-18(3)24-25-26-29/h4-9,14H,10-13,15H2,1-3H3,(H,23,30). The fraction of sp³-hybridized carbons (Fsp3) is 0.364. The van der Waals surface area contributed by atoms with Crippen molar-refractivity contribution in [3.8, 4) is 5.69 Å². The summed E-state index contributed by atoms with van der Waals surface area (Å²) in [6.45, 7) is 7.53. The summed E-state index contributed by atoms with van der Waals surface area (Å²) in [5, 5.41) is 14.5. The average Bonchev–Trinajstić information content (AvgIpc) is 3.21. The van der Waals surface area contributed by atoms with Gasteiger partial charge in [0.2, 0.25) is 15.9 Å². The average molecular weight is 470 g/mol. The van der Waals surface area contributed by atoms with E-state index in [9.17, 15) is 13.2 Å². The third kappa shape index (κ3) is 5.10. The maximum atomic E-state index is 12.9. The van der Waals surface area contributed by atoms with E-state index in [1.54, 1.807) is 28.9 Å². The number of rotatable bonds is 6. The van der Waals surface area contributed by atoms with E-state index in [-0.39, 0.29) is 12.5 Å². The highest BCUT2D eigenvalue weighted by Crippen LogP contribution is 2.20. The van der Waals surface area contributed by atoms with Crippen molar-refractivity contribution >= 4 is 21.6 Å². The van der Waals surface area contributed by atoms with Gasteiger partial charge in [-0.2, -0.15) is 8.99 Å². The molecule has 0 bridgehead atoms. The summed E-state index contributed by atoms with van der Waals surface area (Å²) in [4.78, 5) is 14.9. The Morgan fingerprint density at radius 2 is 1.70 bits per heavy atom. The number of aryl methyl sites for hydroxylation is 3. The topological polar surface area (TPSA) is 113 Å². The molecule has 1 saturated heterocycles. The Hall–Kier alpha value is -3.15. The van der Waals surface area contributed by atoms with Crippen molar-refractivity contribution in [1.82, 2.24) is 29.4 Å². The van der Waals surface area contributed by atoms with Crippen LogP contribution in [0.5, 0.6) is 0 Å². The van der Waals surface area contributed by atoms with Crippen LogP contribution in [0.4, 0.5) is 5.69 Å². The van der Waals surface area contributed by atoms with E-state index in [4.69, 9.17) is 0 Å². The Morgan fingerprint density at radius 3 is 2.33 bits per heavy atom. The van der Waals surface area contributed by atoms with Crippen molar-refractivity contribution in [3.05, 3.63) is 59.4 Å². The molecule has 0 saturated carbocycles. The SMILES string of the molecule is Cc1ccc(S(=O)(=O)N2CCN(CC(=O)Nc3ccc(C)c(-n4nnnc4C)c3)CC2)cc1. The molecule has 11 heteroatoms. The summed E-state index contributed by atoms with van der Waals surface area (Å²) in [5.74, 6) is 0.494. The first-order valence-electron chi connectivity index (χ1n) is 10.7. The van der Waals surface area contributed by atoms with Crippen LogP contribution in [0.25, 0.3) is 5.69 Å². The van der Waals surface area contributed by atoms with Crippen molar-refractivity contribution in [2.45, 2.75) is 25.7 Å². The maximum absolute atomic E-state index is 12.9. The molecule has 0 spiro atoms. The van der Waals surface area contributed by atoms with E-state index in [0.717, 1.165) is 16.8 Å². The van der Waals surface area contributed by atoms with Crippen molar-refractivity contribution < 1.29 is 13.2 Å². The number of nitrogens with one attached hydrogen (secondary N) is 1. The Morgan fingerprint density at radius 1 is 1.00 bits per heavy atom. The monoisotopic (exact) mass is 469 g/mol. The lowest BCUT2D eigenvalue weighted by atomic mass is 10.1. The van der Waals surface area contributed by atoms with E-state index in [1.807, 2.05) is 43.9 Å². The maximum Gasteiger partial charge on any atom is 0.243 e. The third-order valence-corrected chi connectivity index (χ3v) is 7.62. The molecule has 1 aromatic heterocycles. The van der Waals surface area contributed by atoms with E-state index < -0.39 is 10.0 Å². The molecule has 2 aromatic carbocycles. The molecule has 3 aromatic rings. The molecule has 1 aliphatic rings. The predicted molar refractivity (Wildman–Crippen MR) is 124 cm³/mol. The lowest BCUT2D eigenvalue weighted by Crippen LogP contribution is -2.50. The molecule has 174 valence electrons. The number of benzene rings is 2. The molecule has 1 fully saturated rings. The lowest BCUT2D eigenvalue weighted by molar-refractivity contribution is -0.117. The minimum Gasteiger partial charge on any atom is -0.325 e. The second-order valence-corrected chi connectivity index (χ2v) is 10.1. The molecular formula is C22H27N7O3S. The zero-order valence-corrected chi connectivity index (χ0v) is 19.7. The normalized spacial score (nSPS) is 15.5. The summed E-state index contributed by atoms with van der Waals surface area (Å²) >= 11 is 0. The molecule has 0 aliphatic carbocycles. The van der Waals surface area contributed by atoms with Crippen LogP contribution < -0.4 is 5.32 Å². The van der Waals surface area contributed by atoms with Gasteiger partial charge in [0.05, 0.1) is 17.1 Å². The van der Waals surface area contributed by atoms with Crippen LogP contribution >= 0.6 is 0 Å². The molecule has 1 amide bonds. The van der Waals surface area contributed by atoms with Crippen molar-refractivity contribution in [2.75, 3.05) is 38.0 Å². The highest BCUT2D eigenvalue weighted by molar-refractivity contribution is 7.89. The van der Waals surface area contributed by atoms with Crippen molar-refractivity contribution in [3.63, 3.8) is 0 Å². The zero-order valence-electron chi connectivity index (χ0n) is 18.9. The minimum absolute atomic E-state index is 0.159. The quantitative estimate of drug-likeness (QED) is 0.582. The number of carbonyl (C=O) groups excluding carboxylic acids is 1. The summed E-state index contributed by atoms with van der Waals surface area (Å²) in [6, 6.07) is 12.4. The number of amides is 1. The van der Waals surface area contributed by atoms with Crippen LogP contribution in [0.15, 0.2) is 47.4 Å². The number of nitrogens with zero attached hydrogens (tertiary/aromatic N) is 6. The zero-order chi connectivity index (χ0) is 23.6. The second kappa shape index (κ2) is 9.38. The number of tetrazole rings is 1. The van der Waals surface area contributed by atoms with Gasteiger partial charge >= 0.3 is 0 Å². The summed E-state index contributed by atoms with van der Waals surface area (Å²) in [7, 11) is -3.53. The number of anilines is 1. The summed E-state index contributed by atoms with van der Waals surface area (Å²) in [5.41, 5.74) is 3.44. The Bertz CT molecular complexity index is 1250. The number of hydrogen-bond acceptors (Lipinski definition) is 7. The third-order valence-electron chi connectivity index (χ3n) is 5.70. The molecule has 0 unspecified atom stereocenters. The second-order valence-electron chi connectivity index (χ2n) is 8.18. The Labute approximate surface area is 193 Å². The van der Waals surface area contributed by atoms with Gasteiger partial charge in [0.15, 0.2) is 5.82 Å². The van der Waals surface area contributed by atoms with Crippen molar-refractivity contribution in [1.29, 1.82) is 0 Å². The van der Waals surface area contributed by atoms with E-state index in [0.29, 0.717) is 42.6 Å². The summed E-state index contributed by atoms with van der Waals surface area (Å²) in [6.07, 6.45) is 0. The molecule has 4 rings (SSSR count). The van der Waals surface area contributed by atoms with Gasteiger partial charge in [0, 0.05) is 31.9 Å². The number of aromatic nitrogens is 4. The smallest absolute Gasteiger partial charge is 0.243 e. The van der Waals surface area contributed by atoms with Gasteiger partial charge in [-0.25, -0.2) is 8.42 Å². The van der Waals surface area contributed by atoms with E-state index in [1.165, 1.54) is 4.31 Å². The highest BCUT2D eigenvalue weighted by Gasteiger charge is 2.29. The van der Waals surface area contributed by atoms with Gasteiger partial charge in [0.25, 0.3) is 0 Å². The molecular weight excluding hydrogens is 442 g/mol. The summed E-state index contributed by atoms with van der Waals surface area (Å²) < 4.78 is 28.8. The molecule has 0 radical (unpaired) electrons. The van der Waals surface area contributed by atoms with Crippen LogP contribution in [-0.4, -0.2) is 76.5 Å². The van der Waals surface area contributed by atoms with E-state index >= 15 is 0 Å². The minimum atomic E-state index is -3.53. The molecule has 2 heterocycles. The van der Waals surface area contributed by atoms with E-state index in [2.05, 4.69) is 20.8 Å². The number of sulfonamides is 1.